The van der Waals surface area contributed by atoms with Crippen molar-refractivity contribution >= 4 is 64.8 Å². The molecule has 0 radical (unpaired) electrons. The number of hydrogen-bond donors (Lipinski definition) is 5. The summed E-state index contributed by atoms with van der Waals surface area (Å²) in [6.45, 7) is 26.0. The molecule has 2 amide bonds. The van der Waals surface area contributed by atoms with Crippen molar-refractivity contribution in [2.75, 3.05) is 74.7 Å². The minimum Gasteiger partial charge on any atom is -0.468 e. The van der Waals surface area contributed by atoms with Crippen LogP contribution in [0.5, 0.6) is 0 Å². The number of esters is 3. The highest BCUT2D eigenvalue weighted by molar-refractivity contribution is 6.13. The summed E-state index contributed by atoms with van der Waals surface area (Å²) < 4.78 is 13.5. The molecule has 8 N–H and O–H groups in total. The first-order chi connectivity index (χ1) is 43.4. The van der Waals surface area contributed by atoms with Gasteiger partial charge in [0.15, 0.2) is 11.6 Å². The molecule has 0 aliphatic carbocycles. The Balaban J connectivity index is -0.000000526. The number of amides is 2. The van der Waals surface area contributed by atoms with Crippen LogP contribution in [0.4, 0.5) is 0 Å². The third-order valence-electron chi connectivity index (χ3n) is 16.6. The van der Waals surface area contributed by atoms with Gasteiger partial charge in [-0.25, -0.2) is 10.0 Å². The maximum Gasteiger partial charge on any atom is 0.320 e. The topological polar surface area (TPSA) is 316 Å². The van der Waals surface area contributed by atoms with E-state index in [1.165, 1.54) is 74.4 Å². The van der Waals surface area contributed by atoms with E-state index < -0.39 is 40.6 Å². The molecule has 5 aliphatic rings. The van der Waals surface area contributed by atoms with E-state index in [-0.39, 0.29) is 83.8 Å². The number of nitrogens with one attached hydrogen (secondary N) is 2. The molecule has 0 saturated carbocycles. The molecule has 536 valence electrons. The average molecular weight is 1340 g/mol. The summed E-state index contributed by atoms with van der Waals surface area (Å²) in [4.78, 5) is 94.8. The lowest BCUT2D eigenvalue weighted by Crippen LogP contribution is -2.52. The number of likely N-dealkylation sites (tertiary alicyclic amines) is 2. The Morgan fingerprint density at radius 3 is 1.27 bits per heavy atom. The average Bonchev–Trinajstić information content (AvgIpc) is 1.70. The minimum absolute atomic E-state index is 0. The number of benzene rings is 4. The van der Waals surface area contributed by atoms with Crippen molar-refractivity contribution in [3.8, 4) is 0 Å². The second-order valence-corrected chi connectivity index (χ2v) is 23.5. The van der Waals surface area contributed by atoms with Gasteiger partial charge in [-0.15, -0.1) is 0 Å². The monoisotopic (exact) mass is 1340 g/mol. The largest absolute Gasteiger partial charge is 0.468 e. The fourth-order valence-electron chi connectivity index (χ4n) is 10.3. The number of carbonyl (C=O) groups is 8. The Kier molecular flexibility index (Phi) is 43.1. The zero-order chi connectivity index (χ0) is 69.5. The summed E-state index contributed by atoms with van der Waals surface area (Å²) in [5, 5.41) is 20.7. The molecule has 96 heavy (non-hydrogen) atoms. The molecule has 22 nitrogen and oxygen atoms in total. The zero-order valence-electron chi connectivity index (χ0n) is 56.6. The van der Waals surface area contributed by atoms with Gasteiger partial charge in [-0.1, -0.05) is 158 Å². The van der Waals surface area contributed by atoms with E-state index >= 15 is 0 Å². The van der Waals surface area contributed by atoms with Gasteiger partial charge in [-0.3, -0.25) is 53.6 Å². The number of hydrazone groups is 2. The highest BCUT2D eigenvalue weighted by Gasteiger charge is 2.50. The van der Waals surface area contributed by atoms with E-state index in [4.69, 9.17) is 21.6 Å². The fraction of sp³-hybridized carbons (Fsp3) is 0.500. The lowest BCUT2D eigenvalue weighted by Gasteiger charge is -2.40. The molecule has 9 rings (SSSR count). The van der Waals surface area contributed by atoms with E-state index in [1.54, 1.807) is 21.0 Å². The SMILES string of the molecule is C.C.C.C.C=CC(=O)C(C)C(=O)OC.CC(N)c1ccccc1.CC(N)c1ccccc1.CC(c1ccccc1)N1CCC2=NN(C)C(=O)C2(C)C1.CN1N=C2CCNCC2(C)C1=O.COC(=O)C(C)C(C)=O.COC(=O)C1(C)CN(C(C)c2ccccc2)CCC1=O.N=CN.[HH]. The number of fused-ring (bicyclic) bond motifs is 2. The first-order valence-corrected chi connectivity index (χ1v) is 30.7. The smallest absolute Gasteiger partial charge is 0.320 e. The van der Waals surface area contributed by atoms with E-state index in [0.717, 1.165) is 62.9 Å². The van der Waals surface area contributed by atoms with Crippen LogP contribution in [-0.4, -0.2) is 159 Å². The lowest BCUT2D eigenvalue weighted by atomic mass is 9.79. The third kappa shape index (κ3) is 26.7. The molecule has 0 spiro atoms. The molecule has 0 aromatic heterocycles. The van der Waals surface area contributed by atoms with Crippen molar-refractivity contribution in [3.05, 3.63) is 156 Å². The number of carbonyl (C=O) groups excluding carboxylic acids is 8. The zero-order valence-corrected chi connectivity index (χ0v) is 56.6. The van der Waals surface area contributed by atoms with Gasteiger partial charge in [0.05, 0.1) is 39.1 Å². The Bertz CT molecular complexity index is 3000. The molecule has 5 aliphatic heterocycles. The predicted octanol–water partition coefficient (Wildman–Crippen LogP) is 11.0. The number of allylic oxidation sites excluding steroid dienone is 1. The van der Waals surface area contributed by atoms with Gasteiger partial charge < -0.3 is 36.7 Å². The van der Waals surface area contributed by atoms with Crippen molar-refractivity contribution in [2.45, 2.75) is 142 Å². The van der Waals surface area contributed by atoms with E-state index in [1.807, 2.05) is 113 Å². The van der Waals surface area contributed by atoms with Crippen LogP contribution in [-0.2, 0) is 52.6 Å². The van der Waals surface area contributed by atoms with Gasteiger partial charge in [0.2, 0.25) is 0 Å². The second-order valence-electron chi connectivity index (χ2n) is 23.5. The standard InChI is InChI=1S/C16H21N3O.C16H21NO3.C8H13N3O.2C8H11N.C7H10O3.C6H10O3.CH4N2.4CH4.H2/c1-12(13-7-5-4-6-8-13)19-10-9-14-16(2,11-19)15(20)18(3)17-14;1-12(13-7-5-4-6-8-13)17-10-9-14(18)16(2,11-17)15(19)20-3;1-8-5-9-4-3-6(8)10-11(2)7(8)12;2*1-7(9)8-5-3-2-4-6-8;1-4-6(8)5(2)7(9)10-3;1-4(5(2)7)6(8)9-3;2-1-3;;;;;/h2*4-8,12H,9-11H2,1-3H3;9H,3-5H2,1-2H3;2*2-7H,9H2,1H3;4-5H,1H2,2-3H3;4H,1-3H3;1H,(H3,2,3);4*1H4;1H. The number of rotatable bonds is 12. The molecule has 3 saturated heterocycles. The summed E-state index contributed by atoms with van der Waals surface area (Å²) in [7, 11) is 7.32. The summed E-state index contributed by atoms with van der Waals surface area (Å²) in [6, 6.07) is 41.5. The van der Waals surface area contributed by atoms with E-state index in [9.17, 15) is 38.4 Å². The molecule has 4 aromatic carbocycles. The number of nitrogens with two attached hydrogens (primary N) is 3. The summed E-state index contributed by atoms with van der Waals surface area (Å²) in [5.41, 5.74) is 20.7. The van der Waals surface area contributed by atoms with Crippen molar-refractivity contribution < 1.29 is 54.0 Å². The first kappa shape index (κ1) is 91.8. The summed E-state index contributed by atoms with van der Waals surface area (Å²) in [6.07, 6.45) is 4.03. The molecule has 22 heteroatoms. The molecule has 3 fully saturated rings. The van der Waals surface area contributed by atoms with Crippen LogP contribution in [0.1, 0.15) is 166 Å². The van der Waals surface area contributed by atoms with Crippen LogP contribution in [0.15, 0.2) is 144 Å². The number of ether oxygens (including phenoxy) is 3. The molecular formula is C74H119N11O11. The van der Waals surface area contributed by atoms with E-state index in [0.29, 0.717) is 25.6 Å². The molecule has 9 atom stereocenters. The van der Waals surface area contributed by atoms with Crippen LogP contribution in [0.25, 0.3) is 0 Å². The lowest BCUT2D eigenvalue weighted by molar-refractivity contribution is -0.161. The molecule has 9 unspecified atom stereocenters. The van der Waals surface area contributed by atoms with Gasteiger partial charge >= 0.3 is 17.9 Å². The van der Waals surface area contributed by atoms with E-state index in [2.05, 4.69) is 97.4 Å². The quantitative estimate of drug-likeness (QED) is 0.0220. The fourth-order valence-corrected chi connectivity index (χ4v) is 10.3. The highest BCUT2D eigenvalue weighted by atomic mass is 16.5. The normalized spacial score (nSPS) is 20.5. The van der Waals surface area contributed by atoms with Gasteiger partial charge in [0, 0.05) is 98.2 Å². The number of nitrogens with zero attached hydrogens (tertiary/aromatic N) is 6. The predicted molar refractivity (Wildman–Crippen MR) is 390 cm³/mol. The second kappa shape index (κ2) is 45.1. The molecular weight excluding hydrogens is 1220 g/mol. The van der Waals surface area contributed by atoms with Crippen molar-refractivity contribution in [1.29, 1.82) is 5.41 Å². The number of methoxy groups -OCH3 is 3. The molecule has 4 aromatic rings. The summed E-state index contributed by atoms with van der Waals surface area (Å²) >= 11 is 0. The van der Waals surface area contributed by atoms with Gasteiger partial charge in [-0.05, 0) is 97.6 Å². The first-order valence-electron chi connectivity index (χ1n) is 30.7. The Morgan fingerprint density at radius 1 is 0.583 bits per heavy atom. The number of piperidine rings is 3. The maximum atomic E-state index is 12.4. The highest BCUT2D eigenvalue weighted by Crippen LogP contribution is 2.38. The van der Waals surface area contributed by atoms with Crippen molar-refractivity contribution in [2.24, 2.45) is 55.5 Å². The van der Waals surface area contributed by atoms with Crippen LogP contribution < -0.4 is 22.5 Å². The Hall–Kier alpha value is -8.41. The van der Waals surface area contributed by atoms with Gasteiger partial charge in [0.25, 0.3) is 11.8 Å². The van der Waals surface area contributed by atoms with Gasteiger partial charge in [-0.2, -0.15) is 10.2 Å². The maximum absolute atomic E-state index is 12.4. The number of hydrogen-bond acceptors (Lipinski definition) is 19. The summed E-state index contributed by atoms with van der Waals surface area (Å²) in [5.74, 6) is -3.03. The molecule has 5 heterocycles. The third-order valence-corrected chi connectivity index (χ3v) is 16.6. The minimum atomic E-state index is -1.05. The van der Waals surface area contributed by atoms with Crippen LogP contribution in [0.2, 0.25) is 0 Å². The van der Waals surface area contributed by atoms with Crippen molar-refractivity contribution in [3.63, 3.8) is 0 Å². The van der Waals surface area contributed by atoms with Crippen LogP contribution in [0.3, 0.4) is 0 Å². The van der Waals surface area contributed by atoms with Gasteiger partial charge in [0.1, 0.15) is 33.9 Å². The van der Waals surface area contributed by atoms with Crippen molar-refractivity contribution in [1.82, 2.24) is 25.1 Å². The molecule has 0 bridgehead atoms. The van der Waals surface area contributed by atoms with Crippen LogP contribution in [0, 0.1) is 33.5 Å². The van der Waals surface area contributed by atoms with Crippen LogP contribution >= 0.6 is 0 Å². The Morgan fingerprint density at radius 2 is 0.938 bits per heavy atom. The number of Topliss-reactive ketones (excluding diaryl/α,β-unsaturated/α-hetero) is 2. The Labute approximate surface area is 575 Å². The number of ketones is 3.